The third-order valence-corrected chi connectivity index (χ3v) is 5.23. The number of carbonyl (C=O) groups excluding carboxylic acids is 2. The maximum absolute atomic E-state index is 12.3. The summed E-state index contributed by atoms with van der Waals surface area (Å²) >= 11 is 3.38. The number of carbonyl (C=O) groups is 2. The summed E-state index contributed by atoms with van der Waals surface area (Å²) < 4.78 is 0.982. The predicted octanol–water partition coefficient (Wildman–Crippen LogP) is 3.80. The van der Waals surface area contributed by atoms with E-state index in [1.165, 1.54) is 19.3 Å². The first-order chi connectivity index (χ1) is 12.6. The fraction of sp³-hybridized carbons (Fsp3) is 0.600. The minimum Gasteiger partial charge on any atom is -0.356 e. The first-order valence-electron chi connectivity index (χ1n) is 9.64. The third-order valence-electron chi connectivity index (χ3n) is 4.70. The summed E-state index contributed by atoms with van der Waals surface area (Å²) in [7, 11) is 0. The maximum Gasteiger partial charge on any atom is 0.238 e. The van der Waals surface area contributed by atoms with E-state index < -0.39 is 0 Å². The molecule has 0 saturated carbocycles. The quantitative estimate of drug-likeness (QED) is 0.593. The molecule has 26 heavy (non-hydrogen) atoms. The lowest BCUT2D eigenvalue weighted by atomic mass is 9.97. The van der Waals surface area contributed by atoms with Gasteiger partial charge in [-0.15, -0.1) is 0 Å². The van der Waals surface area contributed by atoms with Gasteiger partial charge >= 0.3 is 0 Å². The Kier molecular flexibility index (Phi) is 9.12. The van der Waals surface area contributed by atoms with Crippen molar-refractivity contribution in [2.75, 3.05) is 31.5 Å². The van der Waals surface area contributed by atoms with E-state index in [2.05, 4.69) is 38.4 Å². The van der Waals surface area contributed by atoms with Gasteiger partial charge in [-0.05, 0) is 50.1 Å². The fourth-order valence-electron chi connectivity index (χ4n) is 3.26. The average Bonchev–Trinajstić information content (AvgIpc) is 2.63. The van der Waals surface area contributed by atoms with Crippen molar-refractivity contribution in [3.8, 4) is 0 Å². The van der Waals surface area contributed by atoms with Gasteiger partial charge in [0.1, 0.15) is 0 Å². The summed E-state index contributed by atoms with van der Waals surface area (Å²) in [5.41, 5.74) is 0.789. The van der Waals surface area contributed by atoms with E-state index in [9.17, 15) is 9.59 Å². The van der Waals surface area contributed by atoms with Crippen LogP contribution >= 0.6 is 15.9 Å². The third kappa shape index (κ3) is 7.46. The average molecular weight is 424 g/mol. The van der Waals surface area contributed by atoms with Crippen LogP contribution in [-0.4, -0.2) is 42.9 Å². The second kappa shape index (κ2) is 11.3. The number of hydrogen-bond donors (Lipinski definition) is 2. The van der Waals surface area contributed by atoms with E-state index in [4.69, 9.17) is 0 Å². The molecule has 1 aliphatic heterocycles. The molecule has 1 aromatic rings. The Hall–Kier alpha value is -1.40. The van der Waals surface area contributed by atoms with Crippen molar-refractivity contribution in [1.82, 2.24) is 10.2 Å². The van der Waals surface area contributed by atoms with Gasteiger partial charge in [-0.25, -0.2) is 0 Å². The van der Waals surface area contributed by atoms with Crippen LogP contribution in [0, 0.1) is 5.92 Å². The lowest BCUT2D eigenvalue weighted by Crippen LogP contribution is -2.45. The van der Waals surface area contributed by atoms with Crippen LogP contribution in [0.2, 0.25) is 0 Å². The van der Waals surface area contributed by atoms with Gasteiger partial charge in [-0.2, -0.15) is 0 Å². The van der Waals surface area contributed by atoms with Crippen LogP contribution in [0.5, 0.6) is 0 Å². The Bertz CT molecular complexity index is 577. The second-order valence-corrected chi connectivity index (χ2v) is 7.90. The maximum atomic E-state index is 12.3. The van der Waals surface area contributed by atoms with Gasteiger partial charge in [0.15, 0.2) is 0 Å². The fourth-order valence-corrected chi connectivity index (χ4v) is 3.52. The Labute approximate surface area is 165 Å². The largest absolute Gasteiger partial charge is 0.356 e. The molecule has 144 valence electrons. The van der Waals surface area contributed by atoms with Crippen molar-refractivity contribution in [3.05, 3.63) is 28.7 Å². The molecular formula is C20H30BrN3O2. The molecule has 1 aromatic carbocycles. The van der Waals surface area contributed by atoms with Gasteiger partial charge in [-0.1, -0.05) is 42.1 Å². The van der Waals surface area contributed by atoms with Gasteiger partial charge in [0.2, 0.25) is 11.8 Å². The molecule has 0 radical (unpaired) electrons. The van der Waals surface area contributed by atoms with E-state index in [0.29, 0.717) is 13.1 Å². The molecule has 1 saturated heterocycles. The predicted molar refractivity (Wildman–Crippen MR) is 109 cm³/mol. The molecule has 2 rings (SSSR count). The van der Waals surface area contributed by atoms with Crippen LogP contribution < -0.4 is 10.6 Å². The monoisotopic (exact) mass is 423 g/mol. The molecule has 2 N–H and O–H groups in total. The molecule has 0 bridgehead atoms. The van der Waals surface area contributed by atoms with Gasteiger partial charge in [0, 0.05) is 23.2 Å². The lowest BCUT2D eigenvalue weighted by Gasteiger charge is -2.31. The molecule has 1 heterocycles. The number of nitrogens with zero attached hydrogens (tertiary/aromatic N) is 1. The number of piperidine rings is 1. The zero-order valence-corrected chi connectivity index (χ0v) is 17.2. The van der Waals surface area contributed by atoms with Gasteiger partial charge < -0.3 is 10.6 Å². The Morgan fingerprint density at radius 2 is 1.96 bits per heavy atom. The van der Waals surface area contributed by atoms with Crippen molar-refractivity contribution in [1.29, 1.82) is 0 Å². The molecule has 6 heteroatoms. The highest BCUT2D eigenvalue weighted by Gasteiger charge is 2.26. The van der Waals surface area contributed by atoms with Crippen molar-refractivity contribution < 1.29 is 9.59 Å². The van der Waals surface area contributed by atoms with Crippen molar-refractivity contribution in [2.24, 2.45) is 5.92 Å². The molecule has 0 aromatic heterocycles. The smallest absolute Gasteiger partial charge is 0.238 e. The van der Waals surface area contributed by atoms with Gasteiger partial charge in [0.25, 0.3) is 0 Å². The zero-order valence-electron chi connectivity index (χ0n) is 15.6. The highest BCUT2D eigenvalue weighted by Crippen LogP contribution is 2.17. The van der Waals surface area contributed by atoms with Crippen molar-refractivity contribution >= 4 is 33.4 Å². The Morgan fingerprint density at radius 3 is 2.69 bits per heavy atom. The summed E-state index contributed by atoms with van der Waals surface area (Å²) in [6, 6.07) is 7.54. The number of amides is 2. The van der Waals surface area contributed by atoms with E-state index >= 15 is 0 Å². The summed E-state index contributed by atoms with van der Waals surface area (Å²) in [4.78, 5) is 26.7. The molecule has 1 fully saturated rings. The van der Waals surface area contributed by atoms with Crippen LogP contribution in [0.25, 0.3) is 0 Å². The number of unbranched alkanes of at least 4 members (excludes halogenated alkanes) is 3. The molecular weight excluding hydrogens is 394 g/mol. The zero-order chi connectivity index (χ0) is 18.8. The summed E-state index contributed by atoms with van der Waals surface area (Å²) in [5, 5.41) is 5.97. The minimum atomic E-state index is -0.0343. The Morgan fingerprint density at radius 1 is 1.19 bits per heavy atom. The molecule has 5 nitrogen and oxygen atoms in total. The van der Waals surface area contributed by atoms with Gasteiger partial charge in [0.05, 0.1) is 12.5 Å². The molecule has 1 atom stereocenters. The van der Waals surface area contributed by atoms with Gasteiger partial charge in [-0.3, -0.25) is 14.5 Å². The first kappa shape index (κ1) is 20.9. The Balaban J connectivity index is 1.72. The minimum absolute atomic E-state index is 0.00425. The standard InChI is InChI=1S/C20H30BrN3O2/c1-2-3-4-5-12-22-20(26)16-7-6-13-24(14-16)15-19(25)23-18-10-8-17(21)9-11-18/h8-11,16H,2-7,12-15H2,1H3,(H,22,26)(H,23,25). The second-order valence-electron chi connectivity index (χ2n) is 6.98. The molecule has 1 unspecified atom stereocenters. The highest BCUT2D eigenvalue weighted by atomic mass is 79.9. The first-order valence-corrected chi connectivity index (χ1v) is 10.4. The number of rotatable bonds is 9. The lowest BCUT2D eigenvalue weighted by molar-refractivity contribution is -0.127. The molecule has 1 aliphatic rings. The van der Waals surface area contributed by atoms with Crippen LogP contribution in [0.3, 0.4) is 0 Å². The van der Waals surface area contributed by atoms with Crippen LogP contribution in [0.4, 0.5) is 5.69 Å². The summed E-state index contributed by atoms with van der Waals surface area (Å²) in [6.07, 6.45) is 6.51. The van der Waals surface area contributed by atoms with Crippen LogP contribution in [0.1, 0.15) is 45.4 Å². The van der Waals surface area contributed by atoms with E-state index in [1.54, 1.807) is 0 Å². The topological polar surface area (TPSA) is 61.4 Å². The van der Waals surface area contributed by atoms with Crippen LogP contribution in [0.15, 0.2) is 28.7 Å². The van der Waals surface area contributed by atoms with Crippen molar-refractivity contribution in [3.63, 3.8) is 0 Å². The van der Waals surface area contributed by atoms with Crippen LogP contribution in [-0.2, 0) is 9.59 Å². The SMILES string of the molecule is CCCCCCNC(=O)C1CCCN(CC(=O)Nc2ccc(Br)cc2)C1. The number of likely N-dealkylation sites (tertiary alicyclic amines) is 1. The molecule has 0 aliphatic carbocycles. The van der Waals surface area contributed by atoms with Crippen molar-refractivity contribution in [2.45, 2.75) is 45.4 Å². The normalized spacial score (nSPS) is 17.7. The number of halogens is 1. The van der Waals surface area contributed by atoms with E-state index in [0.717, 1.165) is 42.5 Å². The summed E-state index contributed by atoms with van der Waals surface area (Å²) in [5.74, 6) is 0.0999. The highest BCUT2D eigenvalue weighted by molar-refractivity contribution is 9.10. The number of benzene rings is 1. The number of nitrogens with one attached hydrogen (secondary N) is 2. The number of anilines is 1. The molecule has 0 spiro atoms. The van der Waals surface area contributed by atoms with E-state index in [-0.39, 0.29) is 17.7 Å². The summed E-state index contributed by atoms with van der Waals surface area (Å²) in [6.45, 7) is 4.81. The van der Waals surface area contributed by atoms with E-state index in [1.807, 2.05) is 24.3 Å². The number of hydrogen-bond acceptors (Lipinski definition) is 3. The molecule has 2 amide bonds.